The van der Waals surface area contributed by atoms with Gasteiger partial charge in [-0.15, -0.1) is 0 Å². The van der Waals surface area contributed by atoms with Gasteiger partial charge in [-0.1, -0.05) is 36.8 Å². The minimum Gasteiger partial charge on any atom is -0.258 e. The molecule has 1 nitrogen and oxygen atoms in total. The maximum Gasteiger partial charge on any atom is 0.417 e. The highest BCUT2D eigenvalue weighted by Crippen LogP contribution is 2.38. The number of hydrogen-bond acceptors (Lipinski definition) is 1. The molecule has 1 aromatic rings. The van der Waals surface area contributed by atoms with Crippen LogP contribution in [0.3, 0.4) is 0 Å². The van der Waals surface area contributed by atoms with Crippen LogP contribution in [-0.2, 0) is 6.18 Å². The molecule has 0 aliphatic heterocycles. The third kappa shape index (κ3) is 3.31. The summed E-state index contributed by atoms with van der Waals surface area (Å²) in [6.45, 7) is 1.99. The topological polar surface area (TPSA) is 12.9 Å². The van der Waals surface area contributed by atoms with Gasteiger partial charge in [-0.25, -0.2) is 0 Å². The lowest BCUT2D eigenvalue weighted by molar-refractivity contribution is -0.137. The van der Waals surface area contributed by atoms with Gasteiger partial charge in [0.15, 0.2) is 0 Å². The van der Waals surface area contributed by atoms with Crippen molar-refractivity contribution in [1.29, 1.82) is 0 Å². The van der Waals surface area contributed by atoms with Gasteiger partial charge in [0, 0.05) is 15.7 Å². The van der Waals surface area contributed by atoms with E-state index in [-0.39, 0.29) is 16.9 Å². The highest BCUT2D eigenvalue weighted by Gasteiger charge is 2.32. The van der Waals surface area contributed by atoms with Crippen LogP contribution in [0.15, 0.2) is 34.1 Å². The summed E-state index contributed by atoms with van der Waals surface area (Å²) >= 11 is 8.15. The third-order valence-corrected chi connectivity index (χ3v) is 3.99. The summed E-state index contributed by atoms with van der Waals surface area (Å²) in [7, 11) is 0. The molecule has 1 aromatic heterocycles. The van der Waals surface area contributed by atoms with Crippen LogP contribution in [0, 0.1) is 5.92 Å². The second-order valence-electron chi connectivity index (χ2n) is 4.38. The summed E-state index contributed by atoms with van der Waals surface area (Å²) < 4.78 is 38.7. The molecule has 0 saturated carbocycles. The predicted octanol–water partition coefficient (Wildman–Crippen LogP) is 5.36. The average molecular weight is 400 g/mol. The molecule has 102 valence electrons. The molecule has 0 saturated heterocycles. The fourth-order valence-electron chi connectivity index (χ4n) is 1.97. The first-order valence-corrected chi connectivity index (χ1v) is 7.03. The Kier molecular flexibility index (Phi) is 4.25. The van der Waals surface area contributed by atoms with Gasteiger partial charge in [-0.3, -0.25) is 4.98 Å². The Bertz CT molecular complexity index is 551. The van der Waals surface area contributed by atoms with Crippen LogP contribution in [0.5, 0.6) is 0 Å². The first-order chi connectivity index (χ1) is 8.79. The lowest BCUT2D eigenvalue weighted by atomic mass is 9.87. The van der Waals surface area contributed by atoms with Gasteiger partial charge in [0.1, 0.15) is 0 Å². The normalized spacial score (nSPS) is 23.4. The van der Waals surface area contributed by atoms with Crippen LogP contribution < -0.4 is 0 Å². The fraction of sp³-hybridized carbons (Fsp3) is 0.308. The van der Waals surface area contributed by atoms with Crippen molar-refractivity contribution >= 4 is 34.2 Å². The Labute approximate surface area is 127 Å². The zero-order valence-corrected chi connectivity index (χ0v) is 12.8. The molecule has 0 spiro atoms. The van der Waals surface area contributed by atoms with Gasteiger partial charge in [0.25, 0.3) is 0 Å². The SMILES string of the molecule is CC1C=C(I)C=CC1c1ncc(C(F)(F)F)cc1Cl. The van der Waals surface area contributed by atoms with Crippen LogP contribution in [0.25, 0.3) is 0 Å². The minimum absolute atomic E-state index is 0.0571. The molecule has 2 unspecified atom stereocenters. The van der Waals surface area contributed by atoms with Crippen LogP contribution in [0.1, 0.15) is 24.1 Å². The second-order valence-corrected chi connectivity index (χ2v) is 6.04. The van der Waals surface area contributed by atoms with E-state index in [0.717, 1.165) is 15.8 Å². The minimum atomic E-state index is -4.42. The van der Waals surface area contributed by atoms with Crippen LogP contribution >= 0.6 is 34.2 Å². The largest absolute Gasteiger partial charge is 0.417 e. The van der Waals surface area contributed by atoms with Gasteiger partial charge < -0.3 is 0 Å². The van der Waals surface area contributed by atoms with E-state index in [4.69, 9.17) is 11.6 Å². The van der Waals surface area contributed by atoms with E-state index >= 15 is 0 Å². The van der Waals surface area contributed by atoms with E-state index < -0.39 is 11.7 Å². The molecular formula is C13H10ClF3IN. The van der Waals surface area contributed by atoms with E-state index in [1.165, 1.54) is 0 Å². The molecule has 1 aliphatic carbocycles. The first-order valence-electron chi connectivity index (χ1n) is 5.57. The Morgan fingerprint density at radius 1 is 1.37 bits per heavy atom. The number of nitrogens with zero attached hydrogens (tertiary/aromatic N) is 1. The number of rotatable bonds is 1. The summed E-state index contributed by atoms with van der Waals surface area (Å²) in [6, 6.07) is 0.938. The summed E-state index contributed by atoms with van der Waals surface area (Å²) in [5, 5.41) is 0.0571. The molecule has 0 N–H and O–H groups in total. The van der Waals surface area contributed by atoms with Crippen molar-refractivity contribution in [3.63, 3.8) is 0 Å². The van der Waals surface area contributed by atoms with Gasteiger partial charge in [0.05, 0.1) is 16.3 Å². The van der Waals surface area contributed by atoms with Crippen molar-refractivity contribution in [2.24, 2.45) is 5.92 Å². The van der Waals surface area contributed by atoms with Gasteiger partial charge in [-0.2, -0.15) is 13.2 Å². The van der Waals surface area contributed by atoms with Gasteiger partial charge in [-0.05, 0) is 34.6 Å². The summed E-state index contributed by atoms with van der Waals surface area (Å²) in [6.07, 6.45) is 2.30. The Morgan fingerprint density at radius 3 is 2.58 bits per heavy atom. The van der Waals surface area contributed by atoms with E-state index in [1.54, 1.807) is 0 Å². The molecule has 6 heteroatoms. The van der Waals surface area contributed by atoms with E-state index in [1.807, 2.05) is 25.2 Å². The molecule has 1 heterocycles. The lowest BCUT2D eigenvalue weighted by Gasteiger charge is -2.22. The molecule has 2 rings (SSSR count). The molecule has 19 heavy (non-hydrogen) atoms. The summed E-state index contributed by atoms with van der Waals surface area (Å²) in [5.41, 5.74) is -0.336. The molecule has 0 aromatic carbocycles. The van der Waals surface area contributed by atoms with Crippen molar-refractivity contribution in [3.8, 4) is 0 Å². The van der Waals surface area contributed by atoms with Gasteiger partial charge >= 0.3 is 6.18 Å². The summed E-state index contributed by atoms with van der Waals surface area (Å²) in [4.78, 5) is 3.91. The zero-order valence-electron chi connectivity index (χ0n) is 9.88. The van der Waals surface area contributed by atoms with E-state index in [9.17, 15) is 13.2 Å². The zero-order chi connectivity index (χ0) is 14.2. The van der Waals surface area contributed by atoms with Crippen LogP contribution in [-0.4, -0.2) is 4.98 Å². The van der Waals surface area contributed by atoms with E-state index in [0.29, 0.717) is 5.69 Å². The maximum absolute atomic E-state index is 12.5. The highest BCUT2D eigenvalue weighted by molar-refractivity contribution is 14.1. The average Bonchev–Trinajstić information content (AvgIpc) is 2.28. The number of alkyl halides is 3. The van der Waals surface area contributed by atoms with Crippen molar-refractivity contribution in [2.75, 3.05) is 0 Å². The predicted molar refractivity (Wildman–Crippen MR) is 77.4 cm³/mol. The number of halogens is 5. The monoisotopic (exact) mass is 399 g/mol. The standard InChI is InChI=1S/C13H10ClF3IN/c1-7-4-9(18)2-3-10(7)12-11(14)5-8(6-19-12)13(15,16)17/h2-7,10H,1H3. The molecular weight excluding hydrogens is 390 g/mol. The quantitative estimate of drug-likeness (QED) is 0.579. The molecule has 0 radical (unpaired) electrons. The number of aromatic nitrogens is 1. The van der Waals surface area contributed by atoms with Crippen molar-refractivity contribution in [2.45, 2.75) is 19.0 Å². The molecule has 0 fully saturated rings. The maximum atomic E-state index is 12.5. The Hall–Kier alpha value is -0.560. The van der Waals surface area contributed by atoms with Gasteiger partial charge in [0.2, 0.25) is 0 Å². The smallest absolute Gasteiger partial charge is 0.258 e. The fourth-order valence-corrected chi connectivity index (χ4v) is 3.04. The second kappa shape index (κ2) is 5.44. The molecule has 0 amide bonds. The van der Waals surface area contributed by atoms with Crippen molar-refractivity contribution in [3.05, 3.63) is 50.4 Å². The first kappa shape index (κ1) is 14.8. The van der Waals surface area contributed by atoms with Crippen molar-refractivity contribution in [1.82, 2.24) is 4.98 Å². The van der Waals surface area contributed by atoms with Crippen molar-refractivity contribution < 1.29 is 13.2 Å². The number of hydrogen-bond donors (Lipinski definition) is 0. The summed E-state index contributed by atoms with van der Waals surface area (Å²) in [5.74, 6) is 0.0620. The lowest BCUT2D eigenvalue weighted by Crippen LogP contribution is -2.12. The van der Waals surface area contributed by atoms with Crippen LogP contribution in [0.4, 0.5) is 13.2 Å². The molecule has 2 atom stereocenters. The number of pyridine rings is 1. The van der Waals surface area contributed by atoms with E-state index in [2.05, 4.69) is 27.6 Å². The third-order valence-electron chi connectivity index (χ3n) is 2.96. The number of allylic oxidation sites excluding steroid dienone is 4. The highest BCUT2D eigenvalue weighted by atomic mass is 127. The molecule has 0 bridgehead atoms. The van der Waals surface area contributed by atoms with Crippen LogP contribution in [0.2, 0.25) is 5.02 Å². The Balaban J connectivity index is 2.35. The molecule has 1 aliphatic rings. The Morgan fingerprint density at radius 2 is 2.05 bits per heavy atom.